The van der Waals surface area contributed by atoms with E-state index in [0.717, 1.165) is 24.3 Å². The number of rotatable bonds is 6. The highest BCUT2D eigenvalue weighted by Gasteiger charge is 2.36. The van der Waals surface area contributed by atoms with Crippen molar-refractivity contribution in [1.82, 2.24) is 4.90 Å². The van der Waals surface area contributed by atoms with Crippen LogP contribution in [-0.4, -0.2) is 42.0 Å². The zero-order valence-corrected chi connectivity index (χ0v) is 17.1. The zero-order valence-electron chi connectivity index (χ0n) is 16.2. The van der Waals surface area contributed by atoms with Crippen molar-refractivity contribution in [3.63, 3.8) is 0 Å². The van der Waals surface area contributed by atoms with Crippen LogP contribution in [-0.2, 0) is 0 Å². The SMILES string of the molecule is CN(C)CCC1=CC=C(P(C2CCCCC2)C2CCCCC2)C1=CO. The summed E-state index contributed by atoms with van der Waals surface area (Å²) < 4.78 is 0. The van der Waals surface area contributed by atoms with Crippen molar-refractivity contribution in [1.29, 1.82) is 0 Å². The molecule has 0 aromatic rings. The van der Waals surface area contributed by atoms with Gasteiger partial charge in [0.1, 0.15) is 0 Å². The van der Waals surface area contributed by atoms with Crippen molar-refractivity contribution < 1.29 is 5.11 Å². The maximum absolute atomic E-state index is 10.1. The van der Waals surface area contributed by atoms with Crippen molar-refractivity contribution in [3.8, 4) is 0 Å². The first-order valence-electron chi connectivity index (χ1n) is 10.4. The number of hydrogen-bond acceptors (Lipinski definition) is 2. The fourth-order valence-electron chi connectivity index (χ4n) is 4.87. The molecule has 3 heteroatoms. The molecule has 140 valence electrons. The Balaban J connectivity index is 1.78. The van der Waals surface area contributed by atoms with E-state index < -0.39 is 0 Å². The predicted molar refractivity (Wildman–Crippen MR) is 111 cm³/mol. The van der Waals surface area contributed by atoms with Gasteiger partial charge in [0.05, 0.1) is 6.26 Å². The van der Waals surface area contributed by atoms with Crippen LogP contribution in [0.2, 0.25) is 0 Å². The summed E-state index contributed by atoms with van der Waals surface area (Å²) in [5.41, 5.74) is 4.33. The molecule has 0 spiro atoms. The molecule has 0 aliphatic heterocycles. The first-order valence-corrected chi connectivity index (χ1v) is 11.9. The lowest BCUT2D eigenvalue weighted by molar-refractivity contribution is 0.413. The minimum absolute atomic E-state index is 0.129. The molecule has 0 aromatic carbocycles. The van der Waals surface area contributed by atoms with Gasteiger partial charge in [-0.25, -0.2) is 0 Å². The predicted octanol–water partition coefficient (Wildman–Crippen LogP) is 6.35. The van der Waals surface area contributed by atoms with Crippen LogP contribution in [0.25, 0.3) is 0 Å². The van der Waals surface area contributed by atoms with E-state index in [1.165, 1.54) is 86.9 Å². The highest BCUT2D eigenvalue weighted by atomic mass is 31.1. The standard InChI is InChI=1S/C22H36NOP/c1-23(2)16-15-18-13-14-22(21(18)17-24)25(19-9-5-3-6-10-19)20-11-7-4-8-12-20/h13-14,17,19-20,24H,3-12,15-16H2,1-2H3. The van der Waals surface area contributed by atoms with Gasteiger partial charge in [-0.05, 0) is 68.4 Å². The van der Waals surface area contributed by atoms with Crippen LogP contribution in [0.1, 0.15) is 70.6 Å². The van der Waals surface area contributed by atoms with E-state index in [4.69, 9.17) is 0 Å². The Morgan fingerprint density at radius 2 is 1.52 bits per heavy atom. The van der Waals surface area contributed by atoms with Gasteiger partial charge >= 0.3 is 0 Å². The van der Waals surface area contributed by atoms with E-state index in [1.807, 2.05) is 0 Å². The van der Waals surface area contributed by atoms with Gasteiger partial charge in [-0.1, -0.05) is 58.6 Å². The van der Waals surface area contributed by atoms with E-state index in [0.29, 0.717) is 0 Å². The van der Waals surface area contributed by atoms with Crippen LogP contribution in [0.15, 0.2) is 34.9 Å². The number of hydrogen-bond donors (Lipinski definition) is 1. The molecule has 3 aliphatic carbocycles. The molecule has 2 nitrogen and oxygen atoms in total. The largest absolute Gasteiger partial charge is 0.515 e. The summed E-state index contributed by atoms with van der Waals surface area (Å²) in [6, 6.07) is 0. The molecular formula is C22H36NOP. The molecule has 25 heavy (non-hydrogen) atoms. The van der Waals surface area contributed by atoms with E-state index in [2.05, 4.69) is 31.1 Å². The average Bonchev–Trinajstić information content (AvgIpc) is 3.04. The van der Waals surface area contributed by atoms with E-state index in [1.54, 1.807) is 0 Å². The second-order valence-corrected chi connectivity index (χ2v) is 11.1. The third kappa shape index (κ3) is 4.77. The minimum Gasteiger partial charge on any atom is -0.515 e. The van der Waals surface area contributed by atoms with Crippen molar-refractivity contribution >= 4 is 7.92 Å². The first-order chi connectivity index (χ1) is 12.2. The van der Waals surface area contributed by atoms with Crippen LogP contribution < -0.4 is 0 Å². The molecule has 2 fully saturated rings. The molecule has 0 heterocycles. The zero-order chi connectivity index (χ0) is 17.6. The van der Waals surface area contributed by atoms with Crippen LogP contribution in [0.3, 0.4) is 0 Å². The number of aliphatic hydroxyl groups is 1. The normalized spacial score (nSPS) is 25.0. The molecule has 3 rings (SSSR count). The minimum atomic E-state index is -0.129. The van der Waals surface area contributed by atoms with Gasteiger partial charge in [-0.2, -0.15) is 0 Å². The van der Waals surface area contributed by atoms with Crippen LogP contribution >= 0.6 is 7.92 Å². The monoisotopic (exact) mass is 361 g/mol. The van der Waals surface area contributed by atoms with Crippen molar-refractivity contribution in [2.45, 2.75) is 81.9 Å². The van der Waals surface area contributed by atoms with Crippen molar-refractivity contribution in [2.75, 3.05) is 20.6 Å². The van der Waals surface area contributed by atoms with Gasteiger partial charge in [0.15, 0.2) is 0 Å². The Morgan fingerprint density at radius 1 is 0.960 bits per heavy atom. The maximum atomic E-state index is 10.1. The Kier molecular flexibility index (Phi) is 7.19. The number of aliphatic hydroxyl groups excluding tert-OH is 1. The van der Waals surface area contributed by atoms with Gasteiger partial charge in [0.2, 0.25) is 0 Å². The molecule has 0 atom stereocenters. The van der Waals surface area contributed by atoms with E-state index in [-0.39, 0.29) is 7.92 Å². The Morgan fingerprint density at radius 3 is 2.00 bits per heavy atom. The number of allylic oxidation sites excluding steroid dienone is 4. The second-order valence-electron chi connectivity index (χ2n) is 8.33. The maximum Gasteiger partial charge on any atom is 0.0873 e. The van der Waals surface area contributed by atoms with Crippen LogP contribution in [0, 0.1) is 0 Å². The van der Waals surface area contributed by atoms with Gasteiger partial charge in [0, 0.05) is 12.1 Å². The first kappa shape index (κ1) is 19.2. The lowest BCUT2D eigenvalue weighted by Gasteiger charge is -2.40. The molecule has 0 unspecified atom stereocenters. The second kappa shape index (κ2) is 9.38. The lowest BCUT2D eigenvalue weighted by Crippen LogP contribution is -2.21. The average molecular weight is 362 g/mol. The quantitative estimate of drug-likeness (QED) is 0.440. The van der Waals surface area contributed by atoms with Gasteiger partial charge in [-0.15, -0.1) is 0 Å². The molecule has 3 aliphatic rings. The molecular weight excluding hydrogens is 325 g/mol. The molecule has 0 radical (unpaired) electrons. The fraction of sp³-hybridized carbons (Fsp3) is 0.727. The molecule has 0 aromatic heterocycles. The molecule has 0 bridgehead atoms. The fourth-order valence-corrected chi connectivity index (χ4v) is 8.82. The summed E-state index contributed by atoms with van der Waals surface area (Å²) in [4.78, 5) is 2.24. The van der Waals surface area contributed by atoms with Crippen LogP contribution in [0.5, 0.6) is 0 Å². The molecule has 0 amide bonds. The van der Waals surface area contributed by atoms with Crippen molar-refractivity contribution in [3.05, 3.63) is 34.9 Å². The summed E-state index contributed by atoms with van der Waals surface area (Å²) in [6.07, 6.45) is 21.4. The summed E-state index contributed by atoms with van der Waals surface area (Å²) in [5.74, 6) is 0. The summed E-state index contributed by atoms with van der Waals surface area (Å²) in [5, 5.41) is 11.6. The smallest absolute Gasteiger partial charge is 0.0873 e. The summed E-state index contributed by atoms with van der Waals surface area (Å²) in [6.45, 7) is 1.05. The number of nitrogens with zero attached hydrogens (tertiary/aromatic N) is 1. The molecule has 1 N–H and O–H groups in total. The van der Waals surface area contributed by atoms with Gasteiger partial charge in [0.25, 0.3) is 0 Å². The topological polar surface area (TPSA) is 23.5 Å². The highest BCUT2D eigenvalue weighted by molar-refractivity contribution is 7.64. The van der Waals surface area contributed by atoms with Gasteiger partial charge < -0.3 is 10.0 Å². The van der Waals surface area contributed by atoms with Crippen LogP contribution in [0.4, 0.5) is 0 Å². The lowest BCUT2D eigenvalue weighted by atomic mass is 9.99. The Hall–Kier alpha value is -0.590. The summed E-state index contributed by atoms with van der Waals surface area (Å²) >= 11 is 0. The molecule has 0 saturated heterocycles. The highest BCUT2D eigenvalue weighted by Crippen LogP contribution is 2.64. The van der Waals surface area contributed by atoms with E-state index in [9.17, 15) is 5.11 Å². The summed E-state index contributed by atoms with van der Waals surface area (Å²) in [7, 11) is 4.13. The molecule has 2 saturated carbocycles. The Labute approximate surface area is 155 Å². The third-order valence-electron chi connectivity index (χ3n) is 6.24. The third-order valence-corrected chi connectivity index (χ3v) is 9.79. The van der Waals surface area contributed by atoms with Gasteiger partial charge in [-0.3, -0.25) is 0 Å². The van der Waals surface area contributed by atoms with Crippen molar-refractivity contribution in [2.24, 2.45) is 0 Å². The Bertz CT molecular complexity index is 504. The van der Waals surface area contributed by atoms with E-state index >= 15 is 0 Å².